The minimum atomic E-state index is -4.25. The molecule has 6 nitrogen and oxygen atoms in total. The van der Waals surface area contributed by atoms with E-state index in [1.165, 1.54) is 15.9 Å². The van der Waals surface area contributed by atoms with Crippen LogP contribution in [0.1, 0.15) is 12.8 Å². The van der Waals surface area contributed by atoms with Crippen molar-refractivity contribution in [3.63, 3.8) is 0 Å². The topological polar surface area (TPSA) is 77.0 Å². The van der Waals surface area contributed by atoms with Crippen molar-refractivity contribution in [3.8, 4) is 0 Å². The van der Waals surface area contributed by atoms with Gasteiger partial charge in [0.1, 0.15) is 12.9 Å². The van der Waals surface area contributed by atoms with Crippen molar-refractivity contribution in [2.45, 2.75) is 25.6 Å². The predicted molar refractivity (Wildman–Crippen MR) is 59.8 cm³/mol. The van der Waals surface area contributed by atoms with Crippen LogP contribution < -0.4 is 5.73 Å². The van der Waals surface area contributed by atoms with E-state index in [9.17, 15) is 18.0 Å². The maximum Gasteiger partial charge on any atom is 0.393 e. The molecule has 0 aromatic carbocycles. The summed E-state index contributed by atoms with van der Waals surface area (Å²) >= 11 is 0. The molecule has 1 amide bonds. The number of piperidine rings is 1. The molecule has 2 heterocycles. The molecule has 19 heavy (non-hydrogen) atoms. The van der Waals surface area contributed by atoms with Gasteiger partial charge in [0.2, 0.25) is 11.9 Å². The van der Waals surface area contributed by atoms with Crippen LogP contribution in [0, 0.1) is 5.92 Å². The van der Waals surface area contributed by atoms with Crippen LogP contribution in [0.4, 0.5) is 19.1 Å². The predicted octanol–water partition coefficient (Wildman–Crippen LogP) is 0.661. The summed E-state index contributed by atoms with van der Waals surface area (Å²) in [5.41, 5.74) is 5.30. The Morgan fingerprint density at radius 2 is 2.26 bits per heavy atom. The Hall–Kier alpha value is -1.80. The van der Waals surface area contributed by atoms with Crippen LogP contribution in [0.2, 0.25) is 0 Å². The number of hydrogen-bond donors (Lipinski definition) is 1. The van der Waals surface area contributed by atoms with Gasteiger partial charge >= 0.3 is 6.18 Å². The second kappa shape index (κ2) is 5.06. The number of nitrogens with zero attached hydrogens (tertiary/aromatic N) is 4. The third-order valence-corrected chi connectivity index (χ3v) is 3.09. The van der Waals surface area contributed by atoms with Crippen LogP contribution in [-0.2, 0) is 11.3 Å². The lowest BCUT2D eigenvalue weighted by atomic mass is 9.97. The van der Waals surface area contributed by atoms with Crippen molar-refractivity contribution in [2.24, 2.45) is 5.92 Å². The molecular formula is C10H14F3N5O. The summed E-state index contributed by atoms with van der Waals surface area (Å²) in [5.74, 6) is -1.82. The Bertz CT molecular complexity index is 458. The largest absolute Gasteiger partial charge is 0.393 e. The number of nitrogens with two attached hydrogens (primary N) is 1. The normalized spacial score (nSPS) is 20.6. The van der Waals surface area contributed by atoms with Crippen LogP contribution >= 0.6 is 0 Å². The molecule has 0 bridgehead atoms. The Labute approximate surface area is 107 Å². The quantitative estimate of drug-likeness (QED) is 0.861. The SMILES string of the molecule is Nc1ncn(CC(=O)N2CCCC(C(F)(F)F)C2)n1. The fourth-order valence-electron chi connectivity index (χ4n) is 2.09. The number of hydrogen-bond acceptors (Lipinski definition) is 4. The van der Waals surface area contributed by atoms with E-state index < -0.39 is 18.0 Å². The van der Waals surface area contributed by atoms with Crippen LogP contribution in [-0.4, -0.2) is 44.8 Å². The van der Waals surface area contributed by atoms with Gasteiger partial charge in [-0.25, -0.2) is 9.67 Å². The fraction of sp³-hybridized carbons (Fsp3) is 0.700. The highest BCUT2D eigenvalue weighted by Gasteiger charge is 2.42. The molecule has 1 aromatic rings. The van der Waals surface area contributed by atoms with Gasteiger partial charge < -0.3 is 10.6 Å². The van der Waals surface area contributed by atoms with E-state index in [4.69, 9.17) is 5.73 Å². The third kappa shape index (κ3) is 3.36. The molecule has 0 aliphatic carbocycles. The summed E-state index contributed by atoms with van der Waals surface area (Å²) in [7, 11) is 0. The Morgan fingerprint density at radius 3 is 2.84 bits per heavy atom. The molecule has 1 unspecified atom stereocenters. The van der Waals surface area contributed by atoms with E-state index in [-0.39, 0.29) is 25.5 Å². The Kier molecular flexibility index (Phi) is 3.63. The van der Waals surface area contributed by atoms with Gasteiger partial charge in [-0.3, -0.25) is 4.79 Å². The molecule has 1 fully saturated rings. The number of nitrogen functional groups attached to an aromatic ring is 1. The first kappa shape index (κ1) is 13.6. The number of anilines is 1. The zero-order chi connectivity index (χ0) is 14.0. The number of carbonyl (C=O) groups is 1. The van der Waals surface area contributed by atoms with E-state index in [1.807, 2.05) is 0 Å². The van der Waals surface area contributed by atoms with Crippen molar-refractivity contribution in [3.05, 3.63) is 6.33 Å². The molecule has 0 radical (unpaired) electrons. The first-order valence-electron chi connectivity index (χ1n) is 5.85. The van der Waals surface area contributed by atoms with Crippen molar-refractivity contribution >= 4 is 11.9 Å². The lowest BCUT2D eigenvalue weighted by Crippen LogP contribution is -2.45. The van der Waals surface area contributed by atoms with Gasteiger partial charge in [-0.1, -0.05) is 0 Å². The first-order chi connectivity index (χ1) is 8.86. The van der Waals surface area contributed by atoms with Gasteiger partial charge in [0.25, 0.3) is 0 Å². The molecule has 1 atom stereocenters. The molecule has 1 aliphatic rings. The standard InChI is InChI=1S/C10H14F3N5O/c11-10(12,13)7-2-1-3-17(4-7)8(19)5-18-6-15-9(14)16-18/h6-7H,1-5H2,(H2,14,16). The second-order valence-corrected chi connectivity index (χ2v) is 4.52. The monoisotopic (exact) mass is 277 g/mol. The lowest BCUT2D eigenvalue weighted by molar-refractivity contribution is -0.188. The Morgan fingerprint density at radius 1 is 1.53 bits per heavy atom. The number of amides is 1. The third-order valence-electron chi connectivity index (χ3n) is 3.09. The highest BCUT2D eigenvalue weighted by Crippen LogP contribution is 2.33. The molecule has 2 N–H and O–H groups in total. The van der Waals surface area contributed by atoms with Crippen molar-refractivity contribution < 1.29 is 18.0 Å². The molecule has 0 spiro atoms. The Balaban J connectivity index is 1.95. The molecule has 1 saturated heterocycles. The van der Waals surface area contributed by atoms with E-state index in [2.05, 4.69) is 10.1 Å². The first-order valence-corrected chi connectivity index (χ1v) is 5.85. The molecule has 9 heteroatoms. The van der Waals surface area contributed by atoms with Gasteiger partial charge in [0.05, 0.1) is 5.92 Å². The zero-order valence-electron chi connectivity index (χ0n) is 10.1. The summed E-state index contributed by atoms with van der Waals surface area (Å²) < 4.78 is 39.1. The number of alkyl halides is 3. The van der Waals surface area contributed by atoms with E-state index in [0.717, 1.165) is 0 Å². The van der Waals surface area contributed by atoms with Gasteiger partial charge in [0, 0.05) is 13.1 Å². The highest BCUT2D eigenvalue weighted by molar-refractivity contribution is 5.76. The molecule has 2 rings (SSSR count). The number of rotatable bonds is 2. The lowest BCUT2D eigenvalue weighted by Gasteiger charge is -2.33. The number of halogens is 3. The minimum absolute atomic E-state index is 0.0274. The highest BCUT2D eigenvalue weighted by atomic mass is 19.4. The van der Waals surface area contributed by atoms with Crippen LogP contribution in [0.5, 0.6) is 0 Å². The van der Waals surface area contributed by atoms with Crippen LogP contribution in [0.25, 0.3) is 0 Å². The summed E-state index contributed by atoms with van der Waals surface area (Å²) in [6.07, 6.45) is -2.55. The maximum atomic E-state index is 12.6. The van der Waals surface area contributed by atoms with E-state index in [1.54, 1.807) is 0 Å². The van der Waals surface area contributed by atoms with Crippen molar-refractivity contribution in [1.29, 1.82) is 0 Å². The number of carbonyl (C=O) groups excluding carboxylic acids is 1. The van der Waals surface area contributed by atoms with Crippen LogP contribution in [0.3, 0.4) is 0 Å². The molecule has 1 aromatic heterocycles. The minimum Gasteiger partial charge on any atom is -0.367 e. The molecule has 0 saturated carbocycles. The van der Waals surface area contributed by atoms with E-state index >= 15 is 0 Å². The van der Waals surface area contributed by atoms with Gasteiger partial charge in [0.15, 0.2) is 0 Å². The van der Waals surface area contributed by atoms with Crippen molar-refractivity contribution in [2.75, 3.05) is 18.8 Å². The molecule has 1 aliphatic heterocycles. The summed E-state index contributed by atoms with van der Waals surface area (Å²) in [4.78, 5) is 16.7. The van der Waals surface area contributed by atoms with E-state index in [0.29, 0.717) is 13.0 Å². The second-order valence-electron chi connectivity index (χ2n) is 4.52. The average Bonchev–Trinajstić information content (AvgIpc) is 2.74. The summed E-state index contributed by atoms with van der Waals surface area (Å²) in [6, 6.07) is 0. The van der Waals surface area contributed by atoms with Gasteiger partial charge in [-0.15, -0.1) is 5.10 Å². The van der Waals surface area contributed by atoms with Gasteiger partial charge in [-0.2, -0.15) is 13.2 Å². The smallest absolute Gasteiger partial charge is 0.367 e. The zero-order valence-corrected chi connectivity index (χ0v) is 10.1. The van der Waals surface area contributed by atoms with Crippen molar-refractivity contribution in [1.82, 2.24) is 19.7 Å². The fourth-order valence-corrected chi connectivity index (χ4v) is 2.09. The summed E-state index contributed by atoms with van der Waals surface area (Å²) in [5, 5.41) is 3.73. The average molecular weight is 277 g/mol. The van der Waals surface area contributed by atoms with Gasteiger partial charge in [-0.05, 0) is 12.8 Å². The summed E-state index contributed by atoms with van der Waals surface area (Å²) in [6.45, 7) is -0.0864. The number of likely N-dealkylation sites (tertiary alicyclic amines) is 1. The maximum absolute atomic E-state index is 12.6. The molecular weight excluding hydrogens is 263 g/mol. The molecule has 106 valence electrons. The van der Waals surface area contributed by atoms with Crippen LogP contribution in [0.15, 0.2) is 6.33 Å². The number of aromatic nitrogens is 3.